The van der Waals surface area contributed by atoms with Gasteiger partial charge in [0.05, 0.1) is 5.75 Å². The molecule has 0 amide bonds. The number of nitrogens with zero attached hydrogens (tertiary/aromatic N) is 1. The molecule has 0 radical (unpaired) electrons. The quantitative estimate of drug-likeness (QED) is 0.885. The predicted molar refractivity (Wildman–Crippen MR) is 79.2 cm³/mol. The molecule has 0 aromatic heterocycles. The minimum atomic E-state index is -2.86. The Labute approximate surface area is 115 Å². The molecule has 0 saturated carbocycles. The van der Waals surface area contributed by atoms with Crippen LogP contribution in [0.4, 0.5) is 5.69 Å². The van der Waals surface area contributed by atoms with Crippen molar-refractivity contribution in [1.29, 1.82) is 0 Å². The second kappa shape index (κ2) is 5.92. The number of hydrogen-bond acceptors (Lipinski definition) is 4. The lowest BCUT2D eigenvalue weighted by Crippen LogP contribution is -2.31. The van der Waals surface area contributed by atoms with E-state index in [4.69, 9.17) is 5.73 Å². The Morgan fingerprint density at radius 3 is 2.84 bits per heavy atom. The SMILES string of the molecule is CS(=O)(=O)CCCN1CCCc2cc(CN)ccc21. The standard InChI is InChI=1S/C14H22N2O2S/c1-19(17,18)9-3-8-16-7-2-4-13-10-12(11-15)5-6-14(13)16/h5-6,10H,2-4,7-9,11,15H2,1H3. The van der Waals surface area contributed by atoms with Crippen molar-refractivity contribution >= 4 is 15.5 Å². The Hall–Kier alpha value is -1.07. The molecular weight excluding hydrogens is 260 g/mol. The summed E-state index contributed by atoms with van der Waals surface area (Å²) >= 11 is 0. The number of fused-ring (bicyclic) bond motifs is 1. The Kier molecular flexibility index (Phi) is 4.47. The van der Waals surface area contributed by atoms with Gasteiger partial charge in [-0.3, -0.25) is 0 Å². The molecule has 106 valence electrons. The molecule has 1 aliphatic heterocycles. The topological polar surface area (TPSA) is 63.4 Å². The summed E-state index contributed by atoms with van der Waals surface area (Å²) in [7, 11) is -2.86. The van der Waals surface area contributed by atoms with E-state index in [9.17, 15) is 8.42 Å². The minimum absolute atomic E-state index is 0.264. The first kappa shape index (κ1) is 14.3. The molecule has 0 fully saturated rings. The molecule has 1 heterocycles. The van der Waals surface area contributed by atoms with Gasteiger partial charge in [-0.05, 0) is 36.5 Å². The fourth-order valence-corrected chi connectivity index (χ4v) is 3.26. The van der Waals surface area contributed by atoms with Crippen LogP contribution in [0, 0.1) is 0 Å². The fourth-order valence-electron chi connectivity index (χ4n) is 2.61. The highest BCUT2D eigenvalue weighted by atomic mass is 32.2. The number of sulfone groups is 1. The summed E-state index contributed by atoms with van der Waals surface area (Å²) in [6.45, 7) is 2.39. The zero-order chi connectivity index (χ0) is 13.9. The maximum Gasteiger partial charge on any atom is 0.147 e. The lowest BCUT2D eigenvalue weighted by atomic mass is 9.99. The molecule has 1 aromatic rings. The van der Waals surface area contributed by atoms with Gasteiger partial charge >= 0.3 is 0 Å². The monoisotopic (exact) mass is 282 g/mol. The largest absolute Gasteiger partial charge is 0.371 e. The van der Waals surface area contributed by atoms with Gasteiger partial charge in [0.1, 0.15) is 9.84 Å². The van der Waals surface area contributed by atoms with Crippen LogP contribution >= 0.6 is 0 Å². The molecule has 0 atom stereocenters. The second-order valence-electron chi connectivity index (χ2n) is 5.24. The Balaban J connectivity index is 2.05. The van der Waals surface area contributed by atoms with Gasteiger partial charge in [0, 0.05) is 31.6 Å². The number of rotatable bonds is 5. The van der Waals surface area contributed by atoms with Crippen molar-refractivity contribution in [3.63, 3.8) is 0 Å². The number of benzene rings is 1. The van der Waals surface area contributed by atoms with Gasteiger partial charge in [-0.1, -0.05) is 12.1 Å². The molecule has 2 rings (SSSR count). The summed E-state index contributed by atoms with van der Waals surface area (Å²) in [5.74, 6) is 0.264. The molecule has 19 heavy (non-hydrogen) atoms. The minimum Gasteiger partial charge on any atom is -0.371 e. The predicted octanol–water partition coefficient (Wildman–Crippen LogP) is 1.33. The summed E-state index contributed by atoms with van der Waals surface area (Å²) in [4.78, 5) is 2.30. The van der Waals surface area contributed by atoms with Crippen LogP contribution in [0.25, 0.3) is 0 Å². The third-order valence-corrected chi connectivity index (χ3v) is 4.57. The van der Waals surface area contributed by atoms with Crippen LogP contribution in [0.5, 0.6) is 0 Å². The van der Waals surface area contributed by atoms with Gasteiger partial charge in [0.2, 0.25) is 0 Å². The summed E-state index contributed by atoms with van der Waals surface area (Å²) < 4.78 is 22.3. The van der Waals surface area contributed by atoms with E-state index in [-0.39, 0.29) is 5.75 Å². The second-order valence-corrected chi connectivity index (χ2v) is 7.50. The molecule has 1 aromatic carbocycles. The number of aryl methyl sites for hydroxylation is 1. The lowest BCUT2D eigenvalue weighted by molar-refractivity contribution is 0.597. The van der Waals surface area contributed by atoms with E-state index in [1.54, 1.807) is 0 Å². The lowest BCUT2D eigenvalue weighted by Gasteiger charge is -2.31. The van der Waals surface area contributed by atoms with Crippen molar-refractivity contribution in [3.05, 3.63) is 29.3 Å². The van der Waals surface area contributed by atoms with E-state index in [1.807, 2.05) is 0 Å². The fraction of sp³-hybridized carbons (Fsp3) is 0.571. The van der Waals surface area contributed by atoms with E-state index in [0.29, 0.717) is 13.0 Å². The summed E-state index contributed by atoms with van der Waals surface area (Å²) in [6, 6.07) is 6.36. The van der Waals surface area contributed by atoms with E-state index in [2.05, 4.69) is 23.1 Å². The maximum absolute atomic E-state index is 11.2. The molecule has 5 heteroatoms. The van der Waals surface area contributed by atoms with Crippen molar-refractivity contribution < 1.29 is 8.42 Å². The van der Waals surface area contributed by atoms with E-state index in [1.165, 1.54) is 17.5 Å². The van der Waals surface area contributed by atoms with Crippen LogP contribution in [0.2, 0.25) is 0 Å². The zero-order valence-electron chi connectivity index (χ0n) is 11.4. The zero-order valence-corrected chi connectivity index (χ0v) is 12.2. The van der Waals surface area contributed by atoms with Crippen molar-refractivity contribution in [1.82, 2.24) is 0 Å². The van der Waals surface area contributed by atoms with Crippen LogP contribution in [0.15, 0.2) is 18.2 Å². The maximum atomic E-state index is 11.2. The van der Waals surface area contributed by atoms with Crippen LogP contribution in [0.1, 0.15) is 24.0 Å². The first-order valence-corrected chi connectivity index (χ1v) is 8.80. The summed E-state index contributed by atoms with van der Waals surface area (Å²) in [6.07, 6.45) is 4.20. The average Bonchev–Trinajstić information content (AvgIpc) is 2.37. The van der Waals surface area contributed by atoms with Gasteiger partial charge in [0.15, 0.2) is 0 Å². The molecule has 0 spiro atoms. The molecule has 2 N–H and O–H groups in total. The number of nitrogens with two attached hydrogens (primary N) is 1. The Morgan fingerprint density at radius 2 is 2.16 bits per heavy atom. The Morgan fingerprint density at radius 1 is 1.37 bits per heavy atom. The van der Waals surface area contributed by atoms with Crippen molar-refractivity contribution in [2.75, 3.05) is 30.0 Å². The molecule has 0 aliphatic carbocycles. The van der Waals surface area contributed by atoms with Gasteiger partial charge in [-0.2, -0.15) is 0 Å². The first-order valence-electron chi connectivity index (χ1n) is 6.74. The van der Waals surface area contributed by atoms with Crippen LogP contribution in [0.3, 0.4) is 0 Å². The van der Waals surface area contributed by atoms with Crippen LogP contribution in [-0.2, 0) is 22.8 Å². The van der Waals surface area contributed by atoms with Gasteiger partial charge < -0.3 is 10.6 Å². The summed E-state index contributed by atoms with van der Waals surface area (Å²) in [5.41, 5.74) is 9.42. The van der Waals surface area contributed by atoms with E-state index < -0.39 is 9.84 Å². The van der Waals surface area contributed by atoms with Crippen molar-refractivity contribution in [3.8, 4) is 0 Å². The third-order valence-electron chi connectivity index (χ3n) is 3.54. The molecule has 0 bridgehead atoms. The van der Waals surface area contributed by atoms with Gasteiger partial charge in [-0.25, -0.2) is 8.42 Å². The van der Waals surface area contributed by atoms with Crippen molar-refractivity contribution in [2.45, 2.75) is 25.8 Å². The number of hydrogen-bond donors (Lipinski definition) is 1. The Bertz CT molecular complexity index is 540. The van der Waals surface area contributed by atoms with Crippen LogP contribution in [-0.4, -0.2) is 33.5 Å². The number of anilines is 1. The molecular formula is C14H22N2O2S. The van der Waals surface area contributed by atoms with Crippen LogP contribution < -0.4 is 10.6 Å². The van der Waals surface area contributed by atoms with Crippen molar-refractivity contribution in [2.24, 2.45) is 5.73 Å². The molecule has 1 aliphatic rings. The molecule has 0 saturated heterocycles. The summed E-state index contributed by atoms with van der Waals surface area (Å²) in [5, 5.41) is 0. The third kappa shape index (κ3) is 3.94. The van der Waals surface area contributed by atoms with Gasteiger partial charge in [0.25, 0.3) is 0 Å². The van der Waals surface area contributed by atoms with E-state index in [0.717, 1.165) is 31.5 Å². The van der Waals surface area contributed by atoms with E-state index >= 15 is 0 Å². The highest BCUT2D eigenvalue weighted by Gasteiger charge is 2.17. The normalized spacial score (nSPS) is 15.4. The smallest absolute Gasteiger partial charge is 0.147 e. The highest BCUT2D eigenvalue weighted by molar-refractivity contribution is 7.90. The highest BCUT2D eigenvalue weighted by Crippen LogP contribution is 2.28. The molecule has 4 nitrogen and oxygen atoms in total. The average molecular weight is 282 g/mol. The van der Waals surface area contributed by atoms with Gasteiger partial charge in [-0.15, -0.1) is 0 Å². The molecule has 0 unspecified atom stereocenters. The first-order chi connectivity index (χ1) is 8.99.